The first-order valence-corrected chi connectivity index (χ1v) is 9.91. The number of anilines is 1. The summed E-state index contributed by atoms with van der Waals surface area (Å²) in [6.07, 6.45) is 1.08. The standard InChI is InChI=1S/C24H22N4O2/c1-17-16-23(26-24(30)13-7-12-21(29)19-9-3-2-4-10-19)28(27-17)22-15-14-18-8-5-6-11-20(18)25-22/h2-6,8-11,14-16H,7,12-13H2,1H3,(H,26,30). The van der Waals surface area contributed by atoms with Gasteiger partial charge in [-0.1, -0.05) is 48.5 Å². The van der Waals surface area contributed by atoms with Crippen LogP contribution in [0.25, 0.3) is 16.7 Å². The van der Waals surface area contributed by atoms with Gasteiger partial charge in [0.15, 0.2) is 11.6 Å². The number of fused-ring (bicyclic) bond motifs is 1. The van der Waals surface area contributed by atoms with Crippen LogP contribution in [0.3, 0.4) is 0 Å². The number of amides is 1. The number of para-hydroxylation sites is 1. The highest BCUT2D eigenvalue weighted by atomic mass is 16.1. The second kappa shape index (κ2) is 8.69. The molecule has 0 saturated heterocycles. The Morgan fingerprint density at radius 1 is 0.933 bits per heavy atom. The van der Waals surface area contributed by atoms with Gasteiger partial charge in [-0.25, -0.2) is 4.98 Å². The molecule has 0 aliphatic rings. The predicted molar refractivity (Wildman–Crippen MR) is 117 cm³/mol. The molecule has 4 rings (SSSR count). The molecule has 0 unspecified atom stereocenters. The normalized spacial score (nSPS) is 10.8. The summed E-state index contributed by atoms with van der Waals surface area (Å²) >= 11 is 0. The van der Waals surface area contributed by atoms with Crippen molar-refractivity contribution in [2.45, 2.75) is 26.2 Å². The summed E-state index contributed by atoms with van der Waals surface area (Å²) in [6, 6.07) is 22.6. The zero-order valence-electron chi connectivity index (χ0n) is 16.7. The Hall–Kier alpha value is -3.80. The maximum Gasteiger partial charge on any atom is 0.225 e. The maximum absolute atomic E-state index is 12.5. The number of carbonyl (C=O) groups excluding carboxylic acids is 2. The molecule has 2 aromatic heterocycles. The quantitative estimate of drug-likeness (QED) is 0.457. The summed E-state index contributed by atoms with van der Waals surface area (Å²) in [5, 5.41) is 8.42. The molecule has 6 nitrogen and oxygen atoms in total. The molecule has 2 aromatic carbocycles. The Labute approximate surface area is 174 Å². The van der Waals surface area contributed by atoms with Gasteiger partial charge in [0.2, 0.25) is 5.91 Å². The highest BCUT2D eigenvalue weighted by Crippen LogP contribution is 2.19. The lowest BCUT2D eigenvalue weighted by atomic mass is 10.1. The van der Waals surface area contributed by atoms with Gasteiger partial charge in [-0.3, -0.25) is 9.59 Å². The maximum atomic E-state index is 12.5. The number of hydrogen-bond donors (Lipinski definition) is 1. The van der Waals surface area contributed by atoms with E-state index in [2.05, 4.69) is 15.4 Å². The topological polar surface area (TPSA) is 76.9 Å². The number of Topliss-reactive ketones (excluding diaryl/α,β-unsaturated/α-hetero) is 1. The Bertz CT molecular complexity index is 1200. The Morgan fingerprint density at radius 3 is 2.53 bits per heavy atom. The SMILES string of the molecule is Cc1cc(NC(=O)CCCC(=O)c2ccccc2)n(-c2ccc3ccccc3n2)n1. The number of nitrogens with zero attached hydrogens (tertiary/aromatic N) is 3. The van der Waals surface area contributed by atoms with Crippen LogP contribution < -0.4 is 5.32 Å². The van der Waals surface area contributed by atoms with Gasteiger partial charge in [-0.05, 0) is 31.5 Å². The van der Waals surface area contributed by atoms with Crippen molar-refractivity contribution in [3.63, 3.8) is 0 Å². The minimum Gasteiger partial charge on any atom is -0.311 e. The molecular formula is C24H22N4O2. The van der Waals surface area contributed by atoms with Gasteiger partial charge in [0, 0.05) is 29.9 Å². The molecule has 0 aliphatic heterocycles. The van der Waals surface area contributed by atoms with Crippen molar-refractivity contribution in [2.75, 3.05) is 5.32 Å². The summed E-state index contributed by atoms with van der Waals surface area (Å²) in [6.45, 7) is 1.87. The van der Waals surface area contributed by atoms with E-state index >= 15 is 0 Å². The molecule has 0 aliphatic carbocycles. The van der Waals surface area contributed by atoms with Crippen molar-refractivity contribution >= 4 is 28.4 Å². The fourth-order valence-corrected chi connectivity index (χ4v) is 3.32. The van der Waals surface area contributed by atoms with E-state index in [0.29, 0.717) is 30.0 Å². The molecule has 0 fully saturated rings. The molecule has 0 saturated carbocycles. The van der Waals surface area contributed by atoms with Gasteiger partial charge < -0.3 is 5.32 Å². The van der Waals surface area contributed by atoms with E-state index in [9.17, 15) is 9.59 Å². The molecule has 1 N–H and O–H groups in total. The van der Waals surface area contributed by atoms with Crippen LogP contribution >= 0.6 is 0 Å². The van der Waals surface area contributed by atoms with Crippen molar-refractivity contribution in [3.8, 4) is 5.82 Å². The lowest BCUT2D eigenvalue weighted by Crippen LogP contribution is -2.15. The molecule has 0 atom stereocenters. The monoisotopic (exact) mass is 398 g/mol. The minimum absolute atomic E-state index is 0.0460. The highest BCUT2D eigenvalue weighted by molar-refractivity contribution is 5.96. The van der Waals surface area contributed by atoms with E-state index in [1.165, 1.54) is 0 Å². The van der Waals surface area contributed by atoms with Crippen LogP contribution in [0.4, 0.5) is 5.82 Å². The highest BCUT2D eigenvalue weighted by Gasteiger charge is 2.13. The van der Waals surface area contributed by atoms with E-state index in [-0.39, 0.29) is 18.1 Å². The number of nitrogens with one attached hydrogen (secondary N) is 1. The zero-order chi connectivity index (χ0) is 20.9. The van der Waals surface area contributed by atoms with Gasteiger partial charge >= 0.3 is 0 Å². The van der Waals surface area contributed by atoms with E-state index in [1.807, 2.05) is 67.6 Å². The first kappa shape index (κ1) is 19.5. The second-order valence-corrected chi connectivity index (χ2v) is 7.14. The van der Waals surface area contributed by atoms with E-state index in [4.69, 9.17) is 0 Å². The Balaban J connectivity index is 1.42. The molecular weight excluding hydrogens is 376 g/mol. The molecule has 0 spiro atoms. The summed E-state index contributed by atoms with van der Waals surface area (Å²) in [7, 11) is 0. The fourth-order valence-electron chi connectivity index (χ4n) is 3.32. The number of hydrogen-bond acceptors (Lipinski definition) is 4. The first-order valence-electron chi connectivity index (χ1n) is 9.91. The summed E-state index contributed by atoms with van der Waals surface area (Å²) in [4.78, 5) is 29.3. The van der Waals surface area contributed by atoms with Crippen LogP contribution in [0.5, 0.6) is 0 Å². The minimum atomic E-state index is -0.155. The third-order valence-electron chi connectivity index (χ3n) is 4.80. The number of ketones is 1. The van der Waals surface area contributed by atoms with Crippen molar-refractivity contribution in [3.05, 3.63) is 84.1 Å². The average molecular weight is 398 g/mol. The van der Waals surface area contributed by atoms with Crippen LogP contribution in [0.2, 0.25) is 0 Å². The molecule has 2 heterocycles. The number of rotatable bonds is 7. The first-order chi connectivity index (χ1) is 14.6. The van der Waals surface area contributed by atoms with Gasteiger partial charge in [0.05, 0.1) is 11.2 Å². The summed E-state index contributed by atoms with van der Waals surface area (Å²) < 4.78 is 1.63. The molecule has 0 radical (unpaired) electrons. The van der Waals surface area contributed by atoms with Crippen LogP contribution in [0.15, 0.2) is 72.8 Å². The number of pyridine rings is 1. The fraction of sp³-hybridized carbons (Fsp3) is 0.167. The molecule has 1 amide bonds. The van der Waals surface area contributed by atoms with Gasteiger partial charge in [0.25, 0.3) is 0 Å². The largest absolute Gasteiger partial charge is 0.311 e. The van der Waals surface area contributed by atoms with Gasteiger partial charge in [0.1, 0.15) is 5.82 Å². The zero-order valence-corrected chi connectivity index (χ0v) is 16.7. The average Bonchev–Trinajstić information content (AvgIpc) is 3.13. The summed E-state index contributed by atoms with van der Waals surface area (Å²) in [5.41, 5.74) is 2.31. The van der Waals surface area contributed by atoms with Crippen molar-refractivity contribution in [1.29, 1.82) is 0 Å². The third-order valence-corrected chi connectivity index (χ3v) is 4.80. The number of carbonyl (C=O) groups is 2. The molecule has 30 heavy (non-hydrogen) atoms. The van der Waals surface area contributed by atoms with E-state index < -0.39 is 0 Å². The van der Waals surface area contributed by atoms with Crippen LogP contribution in [-0.4, -0.2) is 26.5 Å². The Morgan fingerprint density at radius 2 is 1.70 bits per heavy atom. The number of aryl methyl sites for hydroxylation is 1. The second-order valence-electron chi connectivity index (χ2n) is 7.14. The lowest BCUT2D eigenvalue weighted by molar-refractivity contribution is -0.116. The van der Waals surface area contributed by atoms with Crippen LogP contribution in [-0.2, 0) is 4.79 Å². The smallest absolute Gasteiger partial charge is 0.225 e. The predicted octanol–water partition coefficient (Wildman–Crippen LogP) is 4.72. The van der Waals surface area contributed by atoms with Crippen LogP contribution in [0, 0.1) is 6.92 Å². The van der Waals surface area contributed by atoms with Crippen molar-refractivity contribution in [2.24, 2.45) is 0 Å². The van der Waals surface area contributed by atoms with E-state index in [0.717, 1.165) is 16.6 Å². The number of benzene rings is 2. The van der Waals surface area contributed by atoms with Gasteiger partial charge in [-0.15, -0.1) is 0 Å². The summed E-state index contributed by atoms with van der Waals surface area (Å²) in [5.74, 6) is 1.09. The van der Waals surface area contributed by atoms with Crippen LogP contribution in [0.1, 0.15) is 35.3 Å². The molecule has 4 aromatic rings. The Kier molecular flexibility index (Phi) is 5.66. The van der Waals surface area contributed by atoms with E-state index in [1.54, 1.807) is 16.8 Å². The van der Waals surface area contributed by atoms with Crippen molar-refractivity contribution in [1.82, 2.24) is 14.8 Å². The third kappa shape index (κ3) is 4.43. The molecule has 6 heteroatoms. The lowest BCUT2D eigenvalue weighted by Gasteiger charge is -2.09. The van der Waals surface area contributed by atoms with Gasteiger partial charge in [-0.2, -0.15) is 9.78 Å². The molecule has 150 valence electrons. The van der Waals surface area contributed by atoms with Crippen molar-refractivity contribution < 1.29 is 9.59 Å². The number of aromatic nitrogens is 3. The molecule has 0 bridgehead atoms.